The first kappa shape index (κ1) is 24.7. The third kappa shape index (κ3) is 5.16. The van der Waals surface area contributed by atoms with Crippen LogP contribution >= 0.6 is 58.0 Å². The lowest BCUT2D eigenvalue weighted by Crippen LogP contribution is -2.30. The van der Waals surface area contributed by atoms with Gasteiger partial charge in [0.15, 0.2) is 11.7 Å². The largest absolute Gasteiger partial charge is 0.426 e. The number of carbonyl (C=O) groups excluding carboxylic acids is 2. The summed E-state index contributed by atoms with van der Waals surface area (Å²) in [7, 11) is 0. The molecule has 0 heterocycles. The zero-order chi connectivity index (χ0) is 23.6. The standard InChI is InChI=1S/C23H15Cl5O4/c1-11-8-9-14(10-12(11)2)31-22(29)15(13-6-4-3-5-7-13)23(30)32-21-19(27)17(25)16(24)18(26)20(21)28/h3-10,15H,1-2H3. The van der Waals surface area contributed by atoms with Crippen LogP contribution in [0.4, 0.5) is 0 Å². The van der Waals surface area contributed by atoms with Crippen molar-refractivity contribution in [2.24, 2.45) is 0 Å². The minimum Gasteiger partial charge on any atom is -0.426 e. The molecule has 3 rings (SSSR count). The summed E-state index contributed by atoms with van der Waals surface area (Å²) in [5.41, 5.74) is 2.31. The molecule has 32 heavy (non-hydrogen) atoms. The Kier molecular flexibility index (Phi) is 7.97. The topological polar surface area (TPSA) is 52.6 Å². The number of rotatable bonds is 5. The summed E-state index contributed by atoms with van der Waals surface area (Å²) in [6, 6.07) is 13.4. The predicted octanol–water partition coefficient (Wildman–Crippen LogP) is 7.87. The number of hydrogen-bond donors (Lipinski definition) is 0. The van der Waals surface area contributed by atoms with Gasteiger partial charge in [0.05, 0.1) is 15.1 Å². The highest BCUT2D eigenvalue weighted by molar-refractivity contribution is 6.55. The minimum absolute atomic E-state index is 0.0862. The molecule has 0 saturated carbocycles. The van der Waals surface area contributed by atoms with Crippen molar-refractivity contribution >= 4 is 69.9 Å². The first-order chi connectivity index (χ1) is 15.1. The molecule has 4 nitrogen and oxygen atoms in total. The Morgan fingerprint density at radius 1 is 0.688 bits per heavy atom. The third-order valence-electron chi connectivity index (χ3n) is 4.67. The second-order valence-corrected chi connectivity index (χ2v) is 8.72. The van der Waals surface area contributed by atoms with Crippen LogP contribution in [0.15, 0.2) is 48.5 Å². The van der Waals surface area contributed by atoms with Crippen LogP contribution in [0.5, 0.6) is 11.5 Å². The van der Waals surface area contributed by atoms with E-state index in [1.165, 1.54) is 0 Å². The zero-order valence-electron chi connectivity index (χ0n) is 16.7. The molecule has 0 aromatic heterocycles. The van der Waals surface area contributed by atoms with E-state index in [4.69, 9.17) is 67.5 Å². The van der Waals surface area contributed by atoms with E-state index < -0.39 is 17.9 Å². The SMILES string of the molecule is Cc1ccc(OC(=O)C(C(=O)Oc2c(Cl)c(Cl)c(Cl)c(Cl)c2Cl)c2ccccc2)cc1C. The monoisotopic (exact) mass is 530 g/mol. The van der Waals surface area contributed by atoms with Crippen LogP contribution in [0, 0.1) is 13.8 Å². The number of hydrogen-bond acceptors (Lipinski definition) is 4. The van der Waals surface area contributed by atoms with Crippen LogP contribution in [-0.2, 0) is 9.59 Å². The summed E-state index contributed by atoms with van der Waals surface area (Å²) in [6.45, 7) is 3.81. The highest BCUT2D eigenvalue weighted by Gasteiger charge is 2.34. The van der Waals surface area contributed by atoms with Gasteiger partial charge in [-0.3, -0.25) is 9.59 Å². The number of halogens is 5. The molecule has 1 unspecified atom stereocenters. The molecule has 0 saturated heterocycles. The highest BCUT2D eigenvalue weighted by Crippen LogP contribution is 2.48. The molecule has 0 fully saturated rings. The van der Waals surface area contributed by atoms with E-state index in [1.807, 2.05) is 19.9 Å². The van der Waals surface area contributed by atoms with Crippen molar-refractivity contribution in [3.63, 3.8) is 0 Å². The van der Waals surface area contributed by atoms with Gasteiger partial charge in [0.2, 0.25) is 0 Å². The fourth-order valence-electron chi connectivity index (χ4n) is 2.80. The maximum atomic E-state index is 13.1. The number of carbonyl (C=O) groups is 2. The van der Waals surface area contributed by atoms with Crippen molar-refractivity contribution in [3.8, 4) is 11.5 Å². The summed E-state index contributed by atoms with van der Waals surface area (Å²) in [5, 5.41) is -0.793. The Labute approximate surface area is 209 Å². The van der Waals surface area contributed by atoms with Gasteiger partial charge >= 0.3 is 11.9 Å². The normalized spacial score (nSPS) is 11.7. The third-order valence-corrected chi connectivity index (χ3v) is 6.92. The molecule has 0 N–H and O–H groups in total. The van der Waals surface area contributed by atoms with Crippen molar-refractivity contribution < 1.29 is 19.1 Å². The number of aryl methyl sites for hydroxylation is 2. The first-order valence-electron chi connectivity index (χ1n) is 9.18. The summed E-state index contributed by atoms with van der Waals surface area (Å²) in [4.78, 5) is 26.2. The molecule has 0 amide bonds. The van der Waals surface area contributed by atoms with Crippen LogP contribution in [-0.4, -0.2) is 11.9 Å². The maximum Gasteiger partial charge on any atom is 0.330 e. The number of ether oxygens (including phenoxy) is 2. The summed E-state index contributed by atoms with van der Waals surface area (Å²) in [6.07, 6.45) is 0. The molecule has 0 aliphatic rings. The molecule has 3 aromatic carbocycles. The van der Waals surface area contributed by atoms with Crippen molar-refractivity contribution in [2.45, 2.75) is 19.8 Å². The Morgan fingerprint density at radius 3 is 1.78 bits per heavy atom. The van der Waals surface area contributed by atoms with Crippen LogP contribution in [0.2, 0.25) is 25.1 Å². The lowest BCUT2D eigenvalue weighted by atomic mass is 9.99. The fraction of sp³-hybridized carbons (Fsp3) is 0.130. The Morgan fingerprint density at radius 2 is 1.22 bits per heavy atom. The maximum absolute atomic E-state index is 13.1. The van der Waals surface area contributed by atoms with Crippen LogP contribution in [0.25, 0.3) is 0 Å². The quantitative estimate of drug-likeness (QED) is 0.110. The van der Waals surface area contributed by atoms with Gasteiger partial charge < -0.3 is 9.47 Å². The van der Waals surface area contributed by atoms with Crippen molar-refractivity contribution in [2.75, 3.05) is 0 Å². The van der Waals surface area contributed by atoms with Gasteiger partial charge in [-0.25, -0.2) is 0 Å². The van der Waals surface area contributed by atoms with E-state index in [9.17, 15) is 9.59 Å². The second-order valence-electron chi connectivity index (χ2n) is 6.83. The van der Waals surface area contributed by atoms with E-state index in [0.717, 1.165) is 11.1 Å². The van der Waals surface area contributed by atoms with Gasteiger partial charge in [0, 0.05) is 0 Å². The van der Waals surface area contributed by atoms with E-state index in [0.29, 0.717) is 11.3 Å². The van der Waals surface area contributed by atoms with Crippen LogP contribution in [0.3, 0.4) is 0 Å². The Balaban J connectivity index is 1.97. The van der Waals surface area contributed by atoms with E-state index in [1.54, 1.807) is 42.5 Å². The van der Waals surface area contributed by atoms with Gasteiger partial charge in [-0.1, -0.05) is 94.4 Å². The lowest BCUT2D eigenvalue weighted by Gasteiger charge is -2.18. The molecule has 0 aliphatic carbocycles. The van der Waals surface area contributed by atoms with E-state index >= 15 is 0 Å². The van der Waals surface area contributed by atoms with Crippen molar-refractivity contribution in [1.29, 1.82) is 0 Å². The van der Waals surface area contributed by atoms with Gasteiger partial charge in [0.25, 0.3) is 0 Å². The second kappa shape index (κ2) is 10.3. The smallest absolute Gasteiger partial charge is 0.330 e. The molecule has 0 radical (unpaired) electrons. The van der Waals surface area contributed by atoms with E-state index in [-0.39, 0.29) is 30.9 Å². The molecule has 0 spiro atoms. The van der Waals surface area contributed by atoms with Gasteiger partial charge in [-0.15, -0.1) is 0 Å². The predicted molar refractivity (Wildman–Crippen MR) is 128 cm³/mol. The molecular weight excluding hydrogens is 518 g/mol. The highest BCUT2D eigenvalue weighted by atomic mass is 35.5. The first-order valence-corrected chi connectivity index (χ1v) is 11.1. The van der Waals surface area contributed by atoms with Gasteiger partial charge in [-0.2, -0.15) is 0 Å². The fourth-order valence-corrected chi connectivity index (χ4v) is 4.00. The van der Waals surface area contributed by atoms with E-state index in [2.05, 4.69) is 0 Å². The average Bonchev–Trinajstić information content (AvgIpc) is 2.77. The molecule has 3 aromatic rings. The van der Waals surface area contributed by atoms with Crippen molar-refractivity contribution in [3.05, 3.63) is 90.3 Å². The van der Waals surface area contributed by atoms with Crippen LogP contribution < -0.4 is 9.47 Å². The molecular formula is C23H15Cl5O4. The van der Waals surface area contributed by atoms with Crippen LogP contribution in [0.1, 0.15) is 22.6 Å². The number of benzene rings is 3. The minimum atomic E-state index is -1.43. The lowest BCUT2D eigenvalue weighted by molar-refractivity contribution is -0.147. The summed E-state index contributed by atoms with van der Waals surface area (Å²) < 4.78 is 10.9. The van der Waals surface area contributed by atoms with Crippen molar-refractivity contribution in [1.82, 2.24) is 0 Å². The van der Waals surface area contributed by atoms with Gasteiger partial charge in [0.1, 0.15) is 15.8 Å². The summed E-state index contributed by atoms with van der Waals surface area (Å²) >= 11 is 30.4. The number of esters is 2. The zero-order valence-corrected chi connectivity index (χ0v) is 20.5. The molecule has 0 bridgehead atoms. The molecule has 1 atom stereocenters. The Bertz CT molecular complexity index is 1170. The molecule has 166 valence electrons. The molecule has 0 aliphatic heterocycles. The Hall–Kier alpha value is -1.95. The molecule has 9 heteroatoms. The van der Waals surface area contributed by atoms with Gasteiger partial charge in [-0.05, 0) is 42.7 Å². The average molecular weight is 533 g/mol. The summed E-state index contributed by atoms with van der Waals surface area (Å²) in [5.74, 6) is -3.28.